The Kier molecular flexibility index (Phi) is 5.05. The van der Waals surface area contributed by atoms with E-state index in [0.29, 0.717) is 28.9 Å². The number of benzene rings is 1. The maximum absolute atomic E-state index is 12.2. The van der Waals surface area contributed by atoms with Gasteiger partial charge < -0.3 is 15.0 Å². The van der Waals surface area contributed by atoms with Crippen molar-refractivity contribution in [3.05, 3.63) is 28.2 Å². The minimum absolute atomic E-state index is 0.0322. The summed E-state index contributed by atoms with van der Waals surface area (Å²) >= 11 is 11.8. The number of hydrogen-bond acceptors (Lipinski definition) is 2. The Morgan fingerprint density at radius 2 is 1.84 bits per heavy atom. The quantitative estimate of drug-likeness (QED) is 0.882. The van der Waals surface area contributed by atoms with Crippen molar-refractivity contribution in [2.75, 3.05) is 31.6 Å². The first-order valence-corrected chi connectivity index (χ1v) is 7.01. The van der Waals surface area contributed by atoms with Crippen molar-refractivity contribution in [2.45, 2.75) is 13.0 Å². The molecule has 0 unspecified atom stereocenters. The van der Waals surface area contributed by atoms with Crippen LogP contribution in [0.2, 0.25) is 10.0 Å². The molecule has 1 aliphatic heterocycles. The minimum atomic E-state index is -0.123. The van der Waals surface area contributed by atoms with E-state index in [-0.39, 0.29) is 11.9 Å². The summed E-state index contributed by atoms with van der Waals surface area (Å²) in [5.41, 5.74) is 0.627. The highest BCUT2D eigenvalue weighted by molar-refractivity contribution is 6.35. The maximum Gasteiger partial charge on any atom is 0.282 e. The number of carbonyl (C=O) groups excluding carboxylic acids is 1. The number of morpholine rings is 1. The van der Waals surface area contributed by atoms with Gasteiger partial charge in [0.25, 0.3) is 5.91 Å². The number of amides is 1. The summed E-state index contributed by atoms with van der Waals surface area (Å²) in [6.07, 6.45) is 0. The Morgan fingerprint density at radius 3 is 2.42 bits per heavy atom. The Bertz CT molecular complexity index is 442. The fraction of sp³-hybridized carbons (Fsp3) is 0.462. The molecular formula is C13H17Cl2N2O2+. The molecule has 1 aromatic carbocycles. The second-order valence-electron chi connectivity index (χ2n) is 4.64. The molecule has 0 saturated carbocycles. The SMILES string of the molecule is C[C@H](C(=O)Nc1cc(Cl)cc(Cl)c1)[NH+]1CCOCC1. The summed E-state index contributed by atoms with van der Waals surface area (Å²) in [5.74, 6) is -0.0322. The molecule has 2 N–H and O–H groups in total. The summed E-state index contributed by atoms with van der Waals surface area (Å²) in [6.45, 7) is 5.03. The normalized spacial score (nSPS) is 18.1. The van der Waals surface area contributed by atoms with Crippen LogP contribution in [0.25, 0.3) is 0 Å². The van der Waals surface area contributed by atoms with Gasteiger partial charge in [0.15, 0.2) is 6.04 Å². The third-order valence-corrected chi connectivity index (χ3v) is 3.71. The molecule has 1 aromatic rings. The smallest absolute Gasteiger partial charge is 0.282 e. The van der Waals surface area contributed by atoms with Crippen molar-refractivity contribution in [1.29, 1.82) is 0 Å². The van der Waals surface area contributed by atoms with Gasteiger partial charge in [0.1, 0.15) is 13.1 Å². The molecule has 4 nitrogen and oxygen atoms in total. The van der Waals surface area contributed by atoms with Crippen LogP contribution < -0.4 is 10.2 Å². The first-order valence-electron chi connectivity index (χ1n) is 6.25. The number of quaternary nitrogens is 1. The number of ether oxygens (including phenoxy) is 1. The molecule has 6 heteroatoms. The Morgan fingerprint density at radius 1 is 1.26 bits per heavy atom. The third kappa shape index (κ3) is 4.08. The summed E-state index contributed by atoms with van der Waals surface area (Å²) in [5, 5.41) is 3.87. The van der Waals surface area contributed by atoms with Crippen LogP contribution in [0.1, 0.15) is 6.92 Å². The number of rotatable bonds is 3. The molecule has 0 aliphatic carbocycles. The van der Waals surface area contributed by atoms with E-state index in [2.05, 4.69) is 5.32 Å². The van der Waals surface area contributed by atoms with Crippen molar-refractivity contribution in [3.63, 3.8) is 0 Å². The molecule has 1 saturated heterocycles. The number of anilines is 1. The largest absolute Gasteiger partial charge is 0.370 e. The van der Waals surface area contributed by atoms with E-state index in [9.17, 15) is 4.79 Å². The van der Waals surface area contributed by atoms with Gasteiger partial charge in [0.05, 0.1) is 13.2 Å². The van der Waals surface area contributed by atoms with Crippen LogP contribution >= 0.6 is 23.2 Å². The molecule has 104 valence electrons. The first kappa shape index (κ1) is 14.6. The molecule has 1 fully saturated rings. The zero-order chi connectivity index (χ0) is 13.8. The van der Waals surface area contributed by atoms with Crippen molar-refractivity contribution in [2.24, 2.45) is 0 Å². The maximum atomic E-state index is 12.2. The minimum Gasteiger partial charge on any atom is -0.370 e. The lowest BCUT2D eigenvalue weighted by molar-refractivity contribution is -0.921. The lowest BCUT2D eigenvalue weighted by Crippen LogP contribution is -3.18. The van der Waals surface area contributed by atoms with Gasteiger partial charge in [-0.05, 0) is 25.1 Å². The average Bonchev–Trinajstić information content (AvgIpc) is 2.37. The number of carbonyl (C=O) groups is 1. The topological polar surface area (TPSA) is 42.8 Å². The zero-order valence-corrected chi connectivity index (χ0v) is 12.2. The van der Waals surface area contributed by atoms with E-state index >= 15 is 0 Å². The zero-order valence-electron chi connectivity index (χ0n) is 10.7. The summed E-state index contributed by atoms with van der Waals surface area (Å²) in [4.78, 5) is 13.4. The highest BCUT2D eigenvalue weighted by Gasteiger charge is 2.26. The highest BCUT2D eigenvalue weighted by Crippen LogP contribution is 2.22. The van der Waals surface area contributed by atoms with Gasteiger partial charge in [-0.25, -0.2) is 0 Å². The van der Waals surface area contributed by atoms with Crippen LogP contribution in [-0.2, 0) is 9.53 Å². The van der Waals surface area contributed by atoms with E-state index in [1.165, 1.54) is 4.90 Å². The lowest BCUT2D eigenvalue weighted by atomic mass is 10.2. The molecule has 1 aliphatic rings. The number of halogens is 2. The van der Waals surface area contributed by atoms with Gasteiger partial charge in [-0.15, -0.1) is 0 Å². The lowest BCUT2D eigenvalue weighted by Gasteiger charge is -2.28. The number of hydrogen-bond donors (Lipinski definition) is 2. The van der Waals surface area contributed by atoms with Crippen molar-refractivity contribution in [3.8, 4) is 0 Å². The van der Waals surface area contributed by atoms with Gasteiger partial charge in [-0.1, -0.05) is 23.2 Å². The van der Waals surface area contributed by atoms with E-state index in [1.807, 2.05) is 6.92 Å². The molecular weight excluding hydrogens is 287 g/mol. The second kappa shape index (κ2) is 6.57. The third-order valence-electron chi connectivity index (χ3n) is 3.27. The Hall–Kier alpha value is -0.810. The second-order valence-corrected chi connectivity index (χ2v) is 5.51. The van der Waals surface area contributed by atoms with Crippen LogP contribution in [-0.4, -0.2) is 38.3 Å². The van der Waals surface area contributed by atoms with E-state index in [4.69, 9.17) is 27.9 Å². The summed E-state index contributed by atoms with van der Waals surface area (Å²) in [7, 11) is 0. The predicted octanol–water partition coefficient (Wildman–Crippen LogP) is 1.24. The predicted molar refractivity (Wildman–Crippen MR) is 76.1 cm³/mol. The van der Waals surface area contributed by atoms with E-state index in [0.717, 1.165) is 13.1 Å². The number of nitrogens with one attached hydrogen (secondary N) is 2. The Labute approximate surface area is 122 Å². The molecule has 0 bridgehead atoms. The van der Waals surface area contributed by atoms with Crippen LogP contribution in [0.15, 0.2) is 18.2 Å². The van der Waals surface area contributed by atoms with Crippen molar-refractivity contribution in [1.82, 2.24) is 0 Å². The first-order chi connectivity index (χ1) is 9.06. The van der Waals surface area contributed by atoms with Gasteiger partial charge in [0.2, 0.25) is 0 Å². The standard InChI is InChI=1S/C13H16Cl2N2O2/c1-9(17-2-4-19-5-3-17)13(18)16-12-7-10(14)6-11(15)8-12/h6-9H,2-5H2,1H3,(H,16,18)/p+1/t9-/m1/s1. The highest BCUT2D eigenvalue weighted by atomic mass is 35.5. The molecule has 0 aromatic heterocycles. The molecule has 0 radical (unpaired) electrons. The Balaban J connectivity index is 1.99. The molecule has 19 heavy (non-hydrogen) atoms. The monoisotopic (exact) mass is 303 g/mol. The van der Waals surface area contributed by atoms with Gasteiger partial charge in [-0.3, -0.25) is 4.79 Å². The van der Waals surface area contributed by atoms with Gasteiger partial charge >= 0.3 is 0 Å². The van der Waals surface area contributed by atoms with Crippen LogP contribution in [0.3, 0.4) is 0 Å². The fourth-order valence-electron chi connectivity index (χ4n) is 2.13. The fourth-order valence-corrected chi connectivity index (χ4v) is 2.65. The van der Waals surface area contributed by atoms with Crippen LogP contribution in [0.4, 0.5) is 5.69 Å². The van der Waals surface area contributed by atoms with Gasteiger partial charge in [0, 0.05) is 15.7 Å². The van der Waals surface area contributed by atoms with Crippen molar-refractivity contribution < 1.29 is 14.4 Å². The van der Waals surface area contributed by atoms with Crippen LogP contribution in [0.5, 0.6) is 0 Å². The van der Waals surface area contributed by atoms with E-state index in [1.54, 1.807) is 18.2 Å². The summed E-state index contributed by atoms with van der Waals surface area (Å²) in [6, 6.07) is 4.89. The summed E-state index contributed by atoms with van der Waals surface area (Å²) < 4.78 is 5.29. The van der Waals surface area contributed by atoms with Crippen LogP contribution in [0, 0.1) is 0 Å². The van der Waals surface area contributed by atoms with Gasteiger partial charge in [-0.2, -0.15) is 0 Å². The molecule has 1 atom stereocenters. The molecule has 1 heterocycles. The molecule has 0 spiro atoms. The molecule has 1 amide bonds. The average molecular weight is 304 g/mol. The van der Waals surface area contributed by atoms with E-state index < -0.39 is 0 Å². The van der Waals surface area contributed by atoms with Crippen molar-refractivity contribution >= 4 is 34.8 Å². The molecule has 2 rings (SSSR count).